The van der Waals surface area contributed by atoms with Gasteiger partial charge >= 0.3 is 0 Å². The molecule has 0 spiro atoms. The van der Waals surface area contributed by atoms with Crippen LogP contribution in [-0.4, -0.2) is 31.8 Å². The number of hydrogen-bond acceptors (Lipinski definition) is 4. The Morgan fingerprint density at radius 1 is 1.33 bits per heavy atom. The van der Waals surface area contributed by atoms with Crippen LogP contribution in [0.15, 0.2) is 24.5 Å². The number of aromatic amines is 1. The lowest BCUT2D eigenvalue weighted by atomic mass is 9.89. The van der Waals surface area contributed by atoms with E-state index in [9.17, 15) is 14.3 Å². The minimum Gasteiger partial charge on any atom is -0.389 e. The number of nitrogens with one attached hydrogen (secondary N) is 2. The van der Waals surface area contributed by atoms with Gasteiger partial charge in [0.15, 0.2) is 5.82 Å². The maximum absolute atomic E-state index is 14.2. The Bertz CT molecular complexity index is 667. The molecule has 0 radical (unpaired) electrons. The number of aromatic nitrogens is 3. The number of aliphatic hydroxyl groups is 1. The number of rotatable bonds is 8. The Hall–Kier alpha value is -2.28. The maximum Gasteiger partial charge on any atom is 0.227 e. The van der Waals surface area contributed by atoms with E-state index in [1.807, 2.05) is 13.8 Å². The maximum atomic E-state index is 14.2. The van der Waals surface area contributed by atoms with Crippen LogP contribution in [-0.2, 0) is 4.79 Å². The summed E-state index contributed by atoms with van der Waals surface area (Å²) < 4.78 is 14.2. The first kappa shape index (κ1) is 18.1. The number of amides is 1. The molecule has 130 valence electrons. The Morgan fingerprint density at radius 3 is 2.58 bits per heavy atom. The fraction of sp³-hybridized carbons (Fsp3) is 0.471. The van der Waals surface area contributed by atoms with Crippen molar-refractivity contribution in [3.05, 3.63) is 30.3 Å². The molecule has 6 nitrogen and oxygen atoms in total. The van der Waals surface area contributed by atoms with E-state index in [1.165, 1.54) is 18.5 Å². The molecule has 0 aliphatic heterocycles. The minimum absolute atomic E-state index is 0.0437. The van der Waals surface area contributed by atoms with Crippen molar-refractivity contribution < 1.29 is 14.3 Å². The van der Waals surface area contributed by atoms with Gasteiger partial charge in [0, 0.05) is 5.56 Å². The van der Waals surface area contributed by atoms with Crippen LogP contribution in [0.3, 0.4) is 0 Å². The van der Waals surface area contributed by atoms with Crippen molar-refractivity contribution in [1.29, 1.82) is 0 Å². The third kappa shape index (κ3) is 4.61. The molecule has 0 unspecified atom stereocenters. The molecule has 0 fully saturated rings. The van der Waals surface area contributed by atoms with Gasteiger partial charge in [-0.2, -0.15) is 5.10 Å². The summed E-state index contributed by atoms with van der Waals surface area (Å²) in [5.41, 5.74) is -0.417. The minimum atomic E-state index is -1.04. The molecule has 1 aromatic carbocycles. The molecule has 3 N–H and O–H groups in total. The average molecular weight is 334 g/mol. The summed E-state index contributed by atoms with van der Waals surface area (Å²) >= 11 is 0. The summed E-state index contributed by atoms with van der Waals surface area (Å²) in [6, 6.07) is 4.40. The van der Waals surface area contributed by atoms with Crippen LogP contribution in [0.25, 0.3) is 11.4 Å². The van der Waals surface area contributed by atoms with E-state index in [0.29, 0.717) is 24.2 Å². The van der Waals surface area contributed by atoms with Gasteiger partial charge in [-0.05, 0) is 31.0 Å². The molecular weight excluding hydrogens is 311 g/mol. The molecule has 1 heterocycles. The molecule has 2 aromatic rings. The van der Waals surface area contributed by atoms with E-state index < -0.39 is 17.3 Å². The highest BCUT2D eigenvalue weighted by molar-refractivity contribution is 5.91. The number of nitrogens with zero attached hydrogens (tertiary/aromatic N) is 2. The van der Waals surface area contributed by atoms with E-state index in [2.05, 4.69) is 20.5 Å². The standard InChI is InChI=1S/C17H23FN4O2/c1-3-7-17(24,8-4-2)10-15(23)21-14-6-5-12(9-13(14)18)16-19-11-20-22-16/h5-6,9,11,24H,3-4,7-8,10H2,1-2H3,(H,21,23)(H,19,20,22). The predicted octanol–water partition coefficient (Wildman–Crippen LogP) is 3.27. The third-order valence-electron chi connectivity index (χ3n) is 3.85. The van der Waals surface area contributed by atoms with Gasteiger partial charge in [0.05, 0.1) is 17.7 Å². The lowest BCUT2D eigenvalue weighted by molar-refractivity contribution is -0.121. The molecule has 7 heteroatoms. The molecule has 1 aromatic heterocycles. The van der Waals surface area contributed by atoms with Gasteiger partial charge in [0.25, 0.3) is 0 Å². The Balaban J connectivity index is 2.06. The van der Waals surface area contributed by atoms with Gasteiger partial charge < -0.3 is 10.4 Å². The number of carbonyl (C=O) groups is 1. The number of anilines is 1. The fourth-order valence-corrected chi connectivity index (χ4v) is 2.83. The van der Waals surface area contributed by atoms with Gasteiger partial charge in [-0.25, -0.2) is 9.37 Å². The molecule has 0 bridgehead atoms. The summed E-state index contributed by atoms with van der Waals surface area (Å²) in [6.45, 7) is 3.92. The highest BCUT2D eigenvalue weighted by Gasteiger charge is 2.28. The lowest BCUT2D eigenvalue weighted by Crippen LogP contribution is -2.34. The van der Waals surface area contributed by atoms with Gasteiger partial charge in [-0.1, -0.05) is 26.7 Å². The summed E-state index contributed by atoms with van der Waals surface area (Å²) in [6.07, 6.45) is 3.94. The summed E-state index contributed by atoms with van der Waals surface area (Å²) in [4.78, 5) is 16.1. The average Bonchev–Trinajstić information content (AvgIpc) is 3.03. The zero-order valence-corrected chi connectivity index (χ0v) is 14.0. The molecular formula is C17H23FN4O2. The van der Waals surface area contributed by atoms with Crippen LogP contribution in [0.1, 0.15) is 46.0 Å². The van der Waals surface area contributed by atoms with Gasteiger partial charge in [-0.15, -0.1) is 0 Å². The Labute approximate surface area is 140 Å². The Kier molecular flexibility index (Phi) is 6.03. The molecule has 0 aliphatic rings. The Morgan fingerprint density at radius 2 is 2.04 bits per heavy atom. The van der Waals surface area contributed by atoms with Crippen molar-refractivity contribution >= 4 is 11.6 Å². The van der Waals surface area contributed by atoms with Crippen LogP contribution >= 0.6 is 0 Å². The van der Waals surface area contributed by atoms with Gasteiger partial charge in [0.1, 0.15) is 12.1 Å². The predicted molar refractivity (Wildman–Crippen MR) is 89.8 cm³/mol. The van der Waals surface area contributed by atoms with E-state index >= 15 is 0 Å². The van der Waals surface area contributed by atoms with E-state index in [0.717, 1.165) is 12.8 Å². The summed E-state index contributed by atoms with van der Waals surface area (Å²) in [5.74, 6) is -0.510. The lowest BCUT2D eigenvalue weighted by Gasteiger charge is -2.26. The van der Waals surface area contributed by atoms with Crippen molar-refractivity contribution in [3.8, 4) is 11.4 Å². The first-order valence-corrected chi connectivity index (χ1v) is 8.15. The third-order valence-corrected chi connectivity index (χ3v) is 3.85. The first-order valence-electron chi connectivity index (χ1n) is 8.15. The molecule has 0 saturated heterocycles. The van der Waals surface area contributed by atoms with Crippen molar-refractivity contribution in [3.63, 3.8) is 0 Å². The number of carbonyl (C=O) groups excluding carboxylic acids is 1. The second kappa shape index (κ2) is 8.01. The molecule has 0 atom stereocenters. The van der Waals surface area contributed by atoms with E-state index in [-0.39, 0.29) is 12.1 Å². The molecule has 2 rings (SSSR count). The number of hydrogen-bond donors (Lipinski definition) is 3. The first-order chi connectivity index (χ1) is 11.5. The highest BCUT2D eigenvalue weighted by Crippen LogP contribution is 2.26. The van der Waals surface area contributed by atoms with Crippen LogP contribution in [0.4, 0.5) is 10.1 Å². The summed E-state index contributed by atoms with van der Waals surface area (Å²) in [5, 5.41) is 19.4. The van der Waals surface area contributed by atoms with E-state index in [1.54, 1.807) is 6.07 Å². The largest absolute Gasteiger partial charge is 0.389 e. The van der Waals surface area contributed by atoms with Gasteiger partial charge in [-0.3, -0.25) is 9.89 Å². The smallest absolute Gasteiger partial charge is 0.227 e. The number of H-pyrrole nitrogens is 1. The second-order valence-electron chi connectivity index (χ2n) is 5.98. The van der Waals surface area contributed by atoms with Crippen molar-refractivity contribution in [1.82, 2.24) is 15.2 Å². The molecule has 0 saturated carbocycles. The zero-order valence-electron chi connectivity index (χ0n) is 14.0. The zero-order chi connectivity index (χ0) is 17.6. The second-order valence-corrected chi connectivity index (χ2v) is 5.98. The molecule has 24 heavy (non-hydrogen) atoms. The molecule has 0 aliphatic carbocycles. The molecule has 1 amide bonds. The van der Waals surface area contributed by atoms with Crippen molar-refractivity contribution in [2.45, 2.75) is 51.6 Å². The number of halogens is 1. The van der Waals surface area contributed by atoms with Crippen LogP contribution < -0.4 is 5.32 Å². The van der Waals surface area contributed by atoms with Gasteiger partial charge in [0.2, 0.25) is 5.91 Å². The SMILES string of the molecule is CCCC(O)(CCC)CC(=O)Nc1ccc(-c2ncn[nH]2)cc1F. The fourth-order valence-electron chi connectivity index (χ4n) is 2.83. The van der Waals surface area contributed by atoms with Crippen molar-refractivity contribution in [2.75, 3.05) is 5.32 Å². The van der Waals surface area contributed by atoms with Crippen LogP contribution in [0.2, 0.25) is 0 Å². The van der Waals surface area contributed by atoms with E-state index in [4.69, 9.17) is 0 Å². The highest BCUT2D eigenvalue weighted by atomic mass is 19.1. The van der Waals surface area contributed by atoms with Crippen molar-refractivity contribution in [2.24, 2.45) is 0 Å². The van der Waals surface area contributed by atoms with Crippen LogP contribution in [0, 0.1) is 5.82 Å². The topological polar surface area (TPSA) is 90.9 Å². The summed E-state index contributed by atoms with van der Waals surface area (Å²) in [7, 11) is 0. The normalized spacial score (nSPS) is 11.5. The number of benzene rings is 1. The quantitative estimate of drug-likeness (QED) is 0.691. The monoisotopic (exact) mass is 334 g/mol. The van der Waals surface area contributed by atoms with Crippen LogP contribution in [0.5, 0.6) is 0 Å².